The van der Waals surface area contributed by atoms with Crippen LogP contribution in [0.4, 0.5) is 5.13 Å². The standard InChI is InChI=1S/C16H16N2S/c1-11-7-6-10-14-15(11)18-16(19-14)17-12(2)13-8-4-3-5-9-13/h3-10,12H,1-2H3,(H,17,18). The second-order valence-corrected chi connectivity index (χ2v) is 5.75. The van der Waals surface area contributed by atoms with Crippen LogP contribution in [-0.4, -0.2) is 4.98 Å². The maximum absolute atomic E-state index is 4.69. The van der Waals surface area contributed by atoms with Crippen LogP contribution in [0.5, 0.6) is 0 Å². The third-order valence-corrected chi connectivity index (χ3v) is 4.21. The Bertz CT molecular complexity index is 688. The smallest absolute Gasteiger partial charge is 0.184 e. The number of rotatable bonds is 3. The molecule has 0 spiro atoms. The van der Waals surface area contributed by atoms with Crippen molar-refractivity contribution in [2.45, 2.75) is 19.9 Å². The van der Waals surface area contributed by atoms with Crippen LogP contribution >= 0.6 is 11.3 Å². The normalized spacial score (nSPS) is 12.5. The summed E-state index contributed by atoms with van der Waals surface area (Å²) < 4.78 is 1.24. The number of aryl methyl sites for hydroxylation is 1. The summed E-state index contributed by atoms with van der Waals surface area (Å²) in [5, 5.41) is 4.47. The highest BCUT2D eigenvalue weighted by Crippen LogP contribution is 2.30. The lowest BCUT2D eigenvalue weighted by atomic mass is 10.1. The fourth-order valence-corrected chi connectivity index (χ4v) is 3.19. The molecule has 0 fully saturated rings. The third-order valence-electron chi connectivity index (χ3n) is 3.26. The molecule has 96 valence electrons. The van der Waals surface area contributed by atoms with E-state index < -0.39 is 0 Å². The molecule has 1 aromatic heterocycles. The van der Waals surface area contributed by atoms with Crippen molar-refractivity contribution in [1.82, 2.24) is 4.98 Å². The molecule has 2 aromatic carbocycles. The van der Waals surface area contributed by atoms with Gasteiger partial charge in [-0.25, -0.2) is 4.98 Å². The highest BCUT2D eigenvalue weighted by atomic mass is 32.1. The van der Waals surface area contributed by atoms with Gasteiger partial charge in [-0.05, 0) is 31.0 Å². The van der Waals surface area contributed by atoms with Crippen molar-refractivity contribution >= 4 is 26.7 Å². The second kappa shape index (κ2) is 5.02. The Balaban J connectivity index is 1.88. The molecule has 3 rings (SSSR count). The number of hydrogen-bond acceptors (Lipinski definition) is 3. The highest BCUT2D eigenvalue weighted by Gasteiger charge is 2.09. The summed E-state index contributed by atoms with van der Waals surface area (Å²) in [5.74, 6) is 0. The van der Waals surface area contributed by atoms with Gasteiger partial charge in [-0.3, -0.25) is 0 Å². The zero-order valence-corrected chi connectivity index (χ0v) is 11.9. The molecule has 0 aliphatic carbocycles. The van der Waals surface area contributed by atoms with Gasteiger partial charge in [0.2, 0.25) is 0 Å². The molecule has 3 aromatic rings. The minimum atomic E-state index is 0.266. The molecule has 1 atom stereocenters. The summed E-state index contributed by atoms with van der Waals surface area (Å²) in [6, 6.07) is 17.0. The van der Waals surface area contributed by atoms with E-state index in [1.807, 2.05) is 6.07 Å². The van der Waals surface area contributed by atoms with E-state index in [0.29, 0.717) is 0 Å². The fourth-order valence-electron chi connectivity index (χ4n) is 2.16. The maximum atomic E-state index is 4.69. The van der Waals surface area contributed by atoms with Gasteiger partial charge in [0.15, 0.2) is 5.13 Å². The van der Waals surface area contributed by atoms with Crippen molar-refractivity contribution in [3.05, 3.63) is 59.7 Å². The molecular formula is C16H16N2S. The molecule has 0 amide bonds. The van der Waals surface area contributed by atoms with Crippen LogP contribution in [0.3, 0.4) is 0 Å². The maximum Gasteiger partial charge on any atom is 0.184 e. The van der Waals surface area contributed by atoms with Crippen LogP contribution in [0, 0.1) is 6.92 Å². The number of para-hydroxylation sites is 1. The molecule has 3 heteroatoms. The largest absolute Gasteiger partial charge is 0.355 e. The van der Waals surface area contributed by atoms with E-state index in [9.17, 15) is 0 Å². The first-order valence-corrected chi connectivity index (χ1v) is 7.23. The molecule has 0 saturated heterocycles. The molecule has 1 N–H and O–H groups in total. The van der Waals surface area contributed by atoms with E-state index in [1.165, 1.54) is 15.8 Å². The molecule has 0 bridgehead atoms. The van der Waals surface area contributed by atoms with Gasteiger partial charge >= 0.3 is 0 Å². The lowest BCUT2D eigenvalue weighted by molar-refractivity contribution is 0.882. The average molecular weight is 268 g/mol. The van der Waals surface area contributed by atoms with E-state index in [-0.39, 0.29) is 6.04 Å². The first kappa shape index (κ1) is 12.2. The number of fused-ring (bicyclic) bond motifs is 1. The zero-order chi connectivity index (χ0) is 13.2. The second-order valence-electron chi connectivity index (χ2n) is 4.72. The van der Waals surface area contributed by atoms with Crippen molar-refractivity contribution < 1.29 is 0 Å². The van der Waals surface area contributed by atoms with Gasteiger partial charge in [-0.2, -0.15) is 0 Å². The Morgan fingerprint density at radius 1 is 1.05 bits per heavy atom. The van der Waals surface area contributed by atoms with Crippen molar-refractivity contribution in [1.29, 1.82) is 0 Å². The van der Waals surface area contributed by atoms with Gasteiger partial charge in [-0.15, -0.1) is 0 Å². The van der Waals surface area contributed by atoms with Gasteiger partial charge in [0.05, 0.1) is 16.3 Å². The topological polar surface area (TPSA) is 24.9 Å². The van der Waals surface area contributed by atoms with Gasteiger partial charge in [0, 0.05) is 0 Å². The molecule has 0 saturated carbocycles. The number of thiazole rings is 1. The SMILES string of the molecule is Cc1cccc2sc(NC(C)c3ccccc3)nc12. The van der Waals surface area contributed by atoms with Crippen LogP contribution < -0.4 is 5.32 Å². The zero-order valence-electron chi connectivity index (χ0n) is 11.1. The summed E-state index contributed by atoms with van der Waals surface area (Å²) in [7, 11) is 0. The predicted octanol–water partition coefficient (Wildman–Crippen LogP) is 4.78. The van der Waals surface area contributed by atoms with Crippen LogP contribution in [0.1, 0.15) is 24.1 Å². The number of aromatic nitrogens is 1. The average Bonchev–Trinajstić information content (AvgIpc) is 2.84. The van der Waals surface area contributed by atoms with Crippen molar-refractivity contribution in [2.75, 3.05) is 5.32 Å². The summed E-state index contributed by atoms with van der Waals surface area (Å²) in [4.78, 5) is 4.69. The number of nitrogens with one attached hydrogen (secondary N) is 1. The van der Waals surface area contributed by atoms with E-state index in [0.717, 1.165) is 10.6 Å². The van der Waals surface area contributed by atoms with Crippen LogP contribution in [0.15, 0.2) is 48.5 Å². The Morgan fingerprint density at radius 3 is 2.58 bits per heavy atom. The molecule has 2 nitrogen and oxygen atoms in total. The molecule has 0 aliphatic rings. The van der Waals surface area contributed by atoms with E-state index in [2.05, 4.69) is 66.6 Å². The molecule has 19 heavy (non-hydrogen) atoms. The minimum Gasteiger partial charge on any atom is -0.355 e. The Morgan fingerprint density at radius 2 is 1.84 bits per heavy atom. The van der Waals surface area contributed by atoms with Crippen LogP contribution in [0.2, 0.25) is 0 Å². The van der Waals surface area contributed by atoms with E-state index in [1.54, 1.807) is 11.3 Å². The highest BCUT2D eigenvalue weighted by molar-refractivity contribution is 7.22. The lowest BCUT2D eigenvalue weighted by Crippen LogP contribution is -2.05. The van der Waals surface area contributed by atoms with Crippen LogP contribution in [0.25, 0.3) is 10.2 Å². The predicted molar refractivity (Wildman–Crippen MR) is 82.8 cm³/mol. The quantitative estimate of drug-likeness (QED) is 0.739. The van der Waals surface area contributed by atoms with Gasteiger partial charge in [0.25, 0.3) is 0 Å². The van der Waals surface area contributed by atoms with Gasteiger partial charge in [-0.1, -0.05) is 53.8 Å². The molecule has 1 unspecified atom stereocenters. The summed E-state index contributed by atoms with van der Waals surface area (Å²) in [6.07, 6.45) is 0. The fraction of sp³-hybridized carbons (Fsp3) is 0.188. The van der Waals surface area contributed by atoms with Crippen molar-refractivity contribution in [3.8, 4) is 0 Å². The Kier molecular flexibility index (Phi) is 3.22. The van der Waals surface area contributed by atoms with Crippen molar-refractivity contribution in [3.63, 3.8) is 0 Å². The Labute approximate surface area is 117 Å². The lowest BCUT2D eigenvalue weighted by Gasteiger charge is -2.12. The van der Waals surface area contributed by atoms with Gasteiger partial charge in [0.1, 0.15) is 0 Å². The first-order chi connectivity index (χ1) is 9.24. The molecule has 0 aliphatic heterocycles. The number of benzene rings is 2. The first-order valence-electron chi connectivity index (χ1n) is 6.41. The summed E-state index contributed by atoms with van der Waals surface area (Å²) >= 11 is 1.71. The summed E-state index contributed by atoms with van der Waals surface area (Å²) in [6.45, 7) is 4.26. The third kappa shape index (κ3) is 2.47. The minimum absolute atomic E-state index is 0.266. The monoisotopic (exact) mass is 268 g/mol. The Hall–Kier alpha value is -1.87. The molecule has 0 radical (unpaired) electrons. The number of nitrogens with zero attached hydrogens (tertiary/aromatic N) is 1. The molecular weight excluding hydrogens is 252 g/mol. The van der Waals surface area contributed by atoms with E-state index in [4.69, 9.17) is 0 Å². The number of anilines is 1. The van der Waals surface area contributed by atoms with Gasteiger partial charge < -0.3 is 5.32 Å². The summed E-state index contributed by atoms with van der Waals surface area (Å²) in [5.41, 5.74) is 3.61. The van der Waals surface area contributed by atoms with Crippen LogP contribution in [-0.2, 0) is 0 Å². The molecule has 1 heterocycles. The van der Waals surface area contributed by atoms with E-state index >= 15 is 0 Å². The number of hydrogen-bond donors (Lipinski definition) is 1. The van der Waals surface area contributed by atoms with Crippen molar-refractivity contribution in [2.24, 2.45) is 0 Å².